The summed E-state index contributed by atoms with van der Waals surface area (Å²) < 4.78 is 0. The molecule has 0 atom stereocenters. The number of hydrogen-bond donors (Lipinski definition) is 0. The van der Waals surface area contributed by atoms with E-state index in [0.29, 0.717) is 0 Å². The minimum absolute atomic E-state index is 1.04. The van der Waals surface area contributed by atoms with Gasteiger partial charge < -0.3 is 4.90 Å². The van der Waals surface area contributed by atoms with Crippen molar-refractivity contribution in [2.45, 2.75) is 39.5 Å². The molecule has 35 heavy (non-hydrogen) atoms. The van der Waals surface area contributed by atoms with Gasteiger partial charge in [-0.15, -0.1) is 0 Å². The Hall–Kier alpha value is -3.84. The number of anilines is 3. The number of nitrogens with zero attached hydrogens (tertiary/aromatic N) is 1. The fourth-order valence-electron chi connectivity index (χ4n) is 4.32. The van der Waals surface area contributed by atoms with E-state index in [-0.39, 0.29) is 0 Å². The quantitative estimate of drug-likeness (QED) is 0.214. The Balaban J connectivity index is 1.32. The molecule has 1 heteroatoms. The van der Waals surface area contributed by atoms with Gasteiger partial charge in [0.2, 0.25) is 0 Å². The molecule has 0 unspecified atom stereocenters. The van der Waals surface area contributed by atoms with E-state index in [1.165, 1.54) is 39.3 Å². The highest BCUT2D eigenvalue weighted by Gasteiger charge is 2.12. The molecule has 0 N–H and O–H groups in total. The van der Waals surface area contributed by atoms with E-state index >= 15 is 0 Å². The lowest BCUT2D eigenvalue weighted by Gasteiger charge is -2.26. The zero-order valence-electron chi connectivity index (χ0n) is 20.9. The van der Waals surface area contributed by atoms with E-state index in [1.807, 2.05) is 0 Å². The van der Waals surface area contributed by atoms with Crippen molar-refractivity contribution in [3.8, 4) is 0 Å². The van der Waals surface area contributed by atoms with Crippen LogP contribution in [0.25, 0.3) is 0 Å². The first kappa shape index (κ1) is 24.3. The van der Waals surface area contributed by atoms with Crippen LogP contribution in [-0.4, -0.2) is 0 Å². The molecule has 0 aliphatic heterocycles. The maximum absolute atomic E-state index is 2.32. The molecule has 0 amide bonds. The molecule has 0 radical (unpaired) electrons. The van der Waals surface area contributed by atoms with Gasteiger partial charge in [-0.25, -0.2) is 0 Å². The molecule has 0 aromatic heterocycles. The van der Waals surface area contributed by atoms with Crippen LogP contribution in [-0.2, 0) is 12.8 Å². The number of rotatable bonds is 10. The van der Waals surface area contributed by atoms with Crippen LogP contribution in [0, 0.1) is 13.8 Å². The molecule has 0 spiro atoms. The van der Waals surface area contributed by atoms with Crippen LogP contribution in [0.4, 0.5) is 17.1 Å². The summed E-state index contributed by atoms with van der Waals surface area (Å²) in [4.78, 5) is 2.32. The highest BCUT2D eigenvalue weighted by atomic mass is 15.1. The maximum Gasteiger partial charge on any atom is 0.0464 e. The van der Waals surface area contributed by atoms with Crippen LogP contribution in [0.2, 0.25) is 0 Å². The number of aryl methyl sites for hydroxylation is 4. The lowest BCUT2D eigenvalue weighted by Crippen LogP contribution is -2.09. The van der Waals surface area contributed by atoms with E-state index < -0.39 is 0 Å². The van der Waals surface area contributed by atoms with Crippen molar-refractivity contribution in [1.82, 2.24) is 0 Å². The molecule has 0 heterocycles. The summed E-state index contributed by atoms with van der Waals surface area (Å²) in [5.74, 6) is 0. The van der Waals surface area contributed by atoms with Crippen molar-refractivity contribution in [1.29, 1.82) is 0 Å². The Labute approximate surface area is 211 Å². The summed E-state index contributed by atoms with van der Waals surface area (Å²) in [5.41, 5.74) is 8.90. The van der Waals surface area contributed by atoms with Crippen LogP contribution < -0.4 is 4.90 Å². The van der Waals surface area contributed by atoms with Crippen molar-refractivity contribution in [3.63, 3.8) is 0 Å². The third-order valence-electron chi connectivity index (χ3n) is 6.13. The average Bonchev–Trinajstić information content (AvgIpc) is 2.87. The molecule has 0 aliphatic rings. The SMILES string of the molecule is Cc1cccc(CCC=CC=CCCc2ccc(N(c3ccccc3)c3cccc(C)c3)cc2)c1. The zero-order chi connectivity index (χ0) is 24.3. The summed E-state index contributed by atoms with van der Waals surface area (Å²) in [6, 6.07) is 37.0. The largest absolute Gasteiger partial charge is 0.310 e. The molecule has 4 aromatic rings. The van der Waals surface area contributed by atoms with Crippen LogP contribution >= 0.6 is 0 Å². The fraction of sp³-hybridized carbons (Fsp3) is 0.176. The van der Waals surface area contributed by atoms with Gasteiger partial charge in [-0.05, 0) is 92.6 Å². The van der Waals surface area contributed by atoms with Gasteiger partial charge in [0.05, 0.1) is 0 Å². The second-order valence-electron chi connectivity index (χ2n) is 9.10. The first-order valence-electron chi connectivity index (χ1n) is 12.6. The average molecular weight is 458 g/mol. The number of benzene rings is 4. The summed E-state index contributed by atoms with van der Waals surface area (Å²) in [6.07, 6.45) is 13.1. The lowest BCUT2D eigenvalue weighted by molar-refractivity contribution is 0.993. The maximum atomic E-state index is 2.32. The van der Waals surface area contributed by atoms with Gasteiger partial charge in [0, 0.05) is 17.1 Å². The third kappa shape index (κ3) is 7.32. The van der Waals surface area contributed by atoms with Gasteiger partial charge in [-0.1, -0.05) is 96.6 Å². The Kier molecular flexibility index (Phi) is 8.73. The minimum atomic E-state index is 1.04. The van der Waals surface area contributed by atoms with Crippen LogP contribution in [0.1, 0.15) is 35.1 Å². The van der Waals surface area contributed by atoms with Crippen molar-refractivity contribution in [2.75, 3.05) is 4.90 Å². The fourth-order valence-corrected chi connectivity index (χ4v) is 4.32. The zero-order valence-corrected chi connectivity index (χ0v) is 20.9. The summed E-state index contributed by atoms with van der Waals surface area (Å²) >= 11 is 0. The van der Waals surface area contributed by atoms with Crippen LogP contribution in [0.5, 0.6) is 0 Å². The first-order valence-corrected chi connectivity index (χ1v) is 12.6. The Morgan fingerprint density at radius 3 is 1.74 bits per heavy atom. The van der Waals surface area contributed by atoms with E-state index in [1.54, 1.807) is 0 Å². The number of allylic oxidation sites excluding steroid dienone is 4. The van der Waals surface area contributed by atoms with Gasteiger partial charge in [0.25, 0.3) is 0 Å². The number of para-hydroxylation sites is 1. The normalized spacial score (nSPS) is 11.4. The molecule has 1 nitrogen and oxygen atoms in total. The molecule has 0 aliphatic carbocycles. The Morgan fingerprint density at radius 2 is 1.09 bits per heavy atom. The van der Waals surface area contributed by atoms with Gasteiger partial charge in [-0.3, -0.25) is 0 Å². The van der Waals surface area contributed by atoms with E-state index in [4.69, 9.17) is 0 Å². The van der Waals surface area contributed by atoms with E-state index in [2.05, 4.69) is 146 Å². The van der Waals surface area contributed by atoms with Crippen molar-refractivity contribution in [2.24, 2.45) is 0 Å². The summed E-state index contributed by atoms with van der Waals surface area (Å²) in [7, 11) is 0. The Morgan fingerprint density at radius 1 is 0.514 bits per heavy atom. The first-order chi connectivity index (χ1) is 17.2. The standard InChI is InChI=1S/C34H35N/c1-28-14-12-18-31(26-28)17-9-6-4-3-5-8-16-30-22-24-33(25-23-30)35(32-19-10-7-11-20-32)34-21-13-15-29(2)27-34/h3-7,10-15,18-27H,8-9,16-17H2,1-2H3. The Bertz CT molecular complexity index is 1250. The predicted molar refractivity (Wildman–Crippen MR) is 152 cm³/mol. The highest BCUT2D eigenvalue weighted by molar-refractivity contribution is 5.76. The monoisotopic (exact) mass is 457 g/mol. The topological polar surface area (TPSA) is 3.24 Å². The van der Waals surface area contributed by atoms with Gasteiger partial charge >= 0.3 is 0 Å². The second-order valence-corrected chi connectivity index (χ2v) is 9.10. The van der Waals surface area contributed by atoms with Crippen molar-refractivity contribution < 1.29 is 0 Å². The molecule has 0 saturated heterocycles. The van der Waals surface area contributed by atoms with E-state index in [9.17, 15) is 0 Å². The molecule has 0 fully saturated rings. The lowest BCUT2D eigenvalue weighted by atomic mass is 10.1. The predicted octanol–water partition coefficient (Wildman–Crippen LogP) is 9.45. The minimum Gasteiger partial charge on any atom is -0.310 e. The molecule has 0 saturated carbocycles. The van der Waals surface area contributed by atoms with Crippen molar-refractivity contribution in [3.05, 3.63) is 150 Å². The molecule has 4 aromatic carbocycles. The summed E-state index contributed by atoms with van der Waals surface area (Å²) in [6.45, 7) is 4.29. The molecular formula is C34H35N. The van der Waals surface area contributed by atoms with E-state index in [0.717, 1.165) is 25.7 Å². The molecular weight excluding hydrogens is 422 g/mol. The molecule has 4 rings (SSSR count). The highest BCUT2D eigenvalue weighted by Crippen LogP contribution is 2.34. The van der Waals surface area contributed by atoms with Crippen LogP contribution in [0.15, 0.2) is 127 Å². The number of hydrogen-bond acceptors (Lipinski definition) is 1. The molecule has 176 valence electrons. The second kappa shape index (κ2) is 12.6. The van der Waals surface area contributed by atoms with Crippen molar-refractivity contribution >= 4 is 17.1 Å². The van der Waals surface area contributed by atoms with Gasteiger partial charge in [0.15, 0.2) is 0 Å². The van der Waals surface area contributed by atoms with Gasteiger partial charge in [-0.2, -0.15) is 0 Å². The molecule has 0 bridgehead atoms. The third-order valence-corrected chi connectivity index (χ3v) is 6.13. The summed E-state index contributed by atoms with van der Waals surface area (Å²) in [5, 5.41) is 0. The van der Waals surface area contributed by atoms with Crippen LogP contribution in [0.3, 0.4) is 0 Å². The smallest absolute Gasteiger partial charge is 0.0464 e. The van der Waals surface area contributed by atoms with Gasteiger partial charge in [0.1, 0.15) is 0 Å².